The number of carbonyl (C=O) groups is 2. The minimum absolute atomic E-state index is 0.0350. The number of hydrogen-bond acceptors (Lipinski definition) is 8. The molecule has 0 radical (unpaired) electrons. The molecule has 0 aliphatic carbocycles. The molecule has 1 amide bonds. The van der Waals surface area contributed by atoms with E-state index in [0.29, 0.717) is 21.8 Å². The van der Waals surface area contributed by atoms with Crippen LogP contribution in [0.3, 0.4) is 0 Å². The molecule has 3 aromatic rings. The summed E-state index contributed by atoms with van der Waals surface area (Å²) in [6.45, 7) is 1.90. The highest BCUT2D eigenvalue weighted by Crippen LogP contribution is 2.44. The zero-order valence-electron chi connectivity index (χ0n) is 14.9. The van der Waals surface area contributed by atoms with Gasteiger partial charge in [-0.25, -0.2) is 4.98 Å². The van der Waals surface area contributed by atoms with E-state index in [4.69, 9.17) is 0 Å². The Balaban J connectivity index is 1.87. The van der Waals surface area contributed by atoms with Gasteiger partial charge in [-0.2, -0.15) is 0 Å². The number of aliphatic hydroxyl groups is 1. The van der Waals surface area contributed by atoms with Gasteiger partial charge in [0.05, 0.1) is 21.4 Å². The van der Waals surface area contributed by atoms with Crippen molar-refractivity contribution in [2.45, 2.75) is 13.0 Å². The molecule has 0 bridgehead atoms. The van der Waals surface area contributed by atoms with Crippen molar-refractivity contribution in [2.75, 3.05) is 4.90 Å². The summed E-state index contributed by atoms with van der Waals surface area (Å²) in [5, 5.41) is 23.1. The Labute approximate surface area is 172 Å². The second-order valence-corrected chi connectivity index (χ2v) is 8.23. The van der Waals surface area contributed by atoms with Gasteiger partial charge in [0.2, 0.25) is 5.78 Å². The van der Waals surface area contributed by atoms with Gasteiger partial charge in [-0.3, -0.25) is 24.6 Å². The first-order chi connectivity index (χ1) is 13.9. The summed E-state index contributed by atoms with van der Waals surface area (Å²) in [4.78, 5) is 41.9. The number of aliphatic hydroxyl groups excluding tert-OH is 1. The van der Waals surface area contributed by atoms with Crippen LogP contribution in [0, 0.1) is 17.0 Å². The molecule has 0 fully saturated rings. The summed E-state index contributed by atoms with van der Waals surface area (Å²) in [5.74, 6) is -1.96. The highest BCUT2D eigenvalue weighted by Gasteiger charge is 2.46. The number of aryl methyl sites for hydroxylation is 1. The summed E-state index contributed by atoms with van der Waals surface area (Å²) < 4.78 is 0. The van der Waals surface area contributed by atoms with Gasteiger partial charge >= 0.3 is 5.00 Å². The molecule has 1 aromatic carbocycles. The zero-order valence-corrected chi connectivity index (χ0v) is 16.6. The molecule has 0 spiro atoms. The Kier molecular flexibility index (Phi) is 4.73. The predicted octanol–water partition coefficient (Wildman–Crippen LogP) is 4.20. The number of benzene rings is 1. The topological polar surface area (TPSA) is 114 Å². The van der Waals surface area contributed by atoms with Crippen LogP contribution < -0.4 is 4.90 Å². The molecule has 10 heteroatoms. The van der Waals surface area contributed by atoms with Crippen LogP contribution >= 0.6 is 22.7 Å². The molecule has 1 N–H and O–H groups in total. The number of nitro groups is 1. The fraction of sp³-hybridized carbons (Fsp3) is 0.105. The lowest BCUT2D eigenvalue weighted by atomic mass is 9.95. The van der Waals surface area contributed by atoms with E-state index in [1.807, 2.05) is 19.1 Å². The Hall–Kier alpha value is -3.37. The van der Waals surface area contributed by atoms with Crippen molar-refractivity contribution in [3.8, 4) is 0 Å². The fourth-order valence-corrected chi connectivity index (χ4v) is 4.53. The van der Waals surface area contributed by atoms with E-state index in [-0.39, 0.29) is 15.7 Å². The average molecular weight is 427 g/mol. The van der Waals surface area contributed by atoms with Gasteiger partial charge in [0, 0.05) is 0 Å². The summed E-state index contributed by atoms with van der Waals surface area (Å²) in [5.41, 5.74) is 1.50. The molecule has 29 heavy (non-hydrogen) atoms. The first kappa shape index (κ1) is 19.0. The number of hydrogen-bond donors (Lipinski definition) is 1. The van der Waals surface area contributed by atoms with Crippen LogP contribution in [-0.2, 0) is 4.79 Å². The van der Waals surface area contributed by atoms with Crippen molar-refractivity contribution in [3.05, 3.63) is 85.4 Å². The zero-order chi connectivity index (χ0) is 20.7. The van der Waals surface area contributed by atoms with E-state index in [9.17, 15) is 24.8 Å². The monoisotopic (exact) mass is 427 g/mol. The third-order valence-electron chi connectivity index (χ3n) is 4.46. The second-order valence-electron chi connectivity index (χ2n) is 6.30. The lowest BCUT2D eigenvalue weighted by molar-refractivity contribution is -0.380. The number of thiazole rings is 1. The van der Waals surface area contributed by atoms with E-state index in [0.717, 1.165) is 16.7 Å². The quantitative estimate of drug-likeness (QED) is 0.371. The number of carbonyl (C=O) groups excluding carboxylic acids is 2. The molecule has 1 aliphatic heterocycles. The minimum atomic E-state index is -0.941. The molecule has 0 saturated heterocycles. The fourth-order valence-electron chi connectivity index (χ4n) is 3.09. The van der Waals surface area contributed by atoms with E-state index >= 15 is 0 Å². The summed E-state index contributed by atoms with van der Waals surface area (Å²) >= 11 is 1.90. The second kappa shape index (κ2) is 7.22. The number of thiophene rings is 1. The maximum atomic E-state index is 13.1. The normalized spacial score (nSPS) is 16.5. The van der Waals surface area contributed by atoms with Crippen molar-refractivity contribution >= 4 is 44.5 Å². The number of anilines is 1. The molecule has 2 aromatic heterocycles. The van der Waals surface area contributed by atoms with Crippen molar-refractivity contribution in [1.29, 1.82) is 0 Å². The van der Waals surface area contributed by atoms with Crippen LogP contribution in [-0.4, -0.2) is 26.7 Å². The van der Waals surface area contributed by atoms with Crippen molar-refractivity contribution in [2.24, 2.45) is 0 Å². The van der Waals surface area contributed by atoms with Gasteiger partial charge in [-0.1, -0.05) is 35.9 Å². The third kappa shape index (κ3) is 3.22. The molecule has 4 rings (SSSR count). The maximum absolute atomic E-state index is 13.1. The highest BCUT2D eigenvalue weighted by atomic mass is 32.1. The van der Waals surface area contributed by atoms with Crippen LogP contribution in [0.15, 0.2) is 59.3 Å². The lowest BCUT2D eigenvalue weighted by Gasteiger charge is -2.24. The highest BCUT2D eigenvalue weighted by molar-refractivity contribution is 7.18. The van der Waals surface area contributed by atoms with Crippen LogP contribution in [0.4, 0.5) is 10.1 Å². The summed E-state index contributed by atoms with van der Waals surface area (Å²) in [6.07, 6.45) is 1.05. The van der Waals surface area contributed by atoms with Gasteiger partial charge in [0.1, 0.15) is 6.20 Å². The number of nitrogens with zero attached hydrogens (tertiary/aromatic N) is 3. The number of amides is 1. The van der Waals surface area contributed by atoms with Crippen LogP contribution in [0.25, 0.3) is 0 Å². The number of ketones is 1. The maximum Gasteiger partial charge on any atom is 0.345 e. The molecule has 0 unspecified atom stereocenters. The molecule has 1 aliphatic rings. The largest absolute Gasteiger partial charge is 0.503 e. The Morgan fingerprint density at radius 1 is 1.28 bits per heavy atom. The molecule has 8 nitrogen and oxygen atoms in total. The average Bonchev–Trinajstić information content (AvgIpc) is 3.43. The molecular formula is C19H13N3O5S2. The molecule has 0 saturated carbocycles. The SMILES string of the molecule is Cc1ccc([C@@H]2C(C(=O)c3cccs3)=C(O)C(=O)N2c2ncc([N+](=O)[O-])s2)cc1. The summed E-state index contributed by atoms with van der Waals surface area (Å²) in [6, 6.07) is 9.53. The van der Waals surface area contributed by atoms with E-state index < -0.39 is 28.4 Å². The van der Waals surface area contributed by atoms with Gasteiger partial charge in [-0.05, 0) is 35.3 Å². The summed E-state index contributed by atoms with van der Waals surface area (Å²) in [7, 11) is 0. The predicted molar refractivity (Wildman–Crippen MR) is 108 cm³/mol. The van der Waals surface area contributed by atoms with Crippen molar-refractivity contribution in [1.82, 2.24) is 4.98 Å². The third-order valence-corrected chi connectivity index (χ3v) is 6.28. The van der Waals surface area contributed by atoms with Crippen molar-refractivity contribution < 1.29 is 19.6 Å². The molecule has 146 valence electrons. The van der Waals surface area contributed by atoms with Crippen LogP contribution in [0.5, 0.6) is 0 Å². The van der Waals surface area contributed by atoms with E-state index in [2.05, 4.69) is 4.98 Å². The lowest BCUT2D eigenvalue weighted by Crippen LogP contribution is -2.30. The van der Waals surface area contributed by atoms with Crippen molar-refractivity contribution in [3.63, 3.8) is 0 Å². The van der Waals surface area contributed by atoms with Gasteiger partial charge in [0.15, 0.2) is 10.9 Å². The standard InChI is InChI=1S/C19H13N3O5S2/c1-10-4-6-11(7-5-10)15-14(16(23)12-3-2-8-28-12)17(24)18(25)21(15)19-20-9-13(29-19)22(26)27/h2-9,15,24H,1H3/t15-/m1/s1. The first-order valence-electron chi connectivity index (χ1n) is 8.40. The smallest absolute Gasteiger partial charge is 0.345 e. The van der Waals surface area contributed by atoms with Gasteiger partial charge < -0.3 is 5.11 Å². The Bertz CT molecular complexity index is 1150. The Morgan fingerprint density at radius 2 is 2.00 bits per heavy atom. The van der Waals surface area contributed by atoms with Gasteiger partial charge in [0.25, 0.3) is 5.91 Å². The molecule has 3 heterocycles. The van der Waals surface area contributed by atoms with E-state index in [1.54, 1.807) is 29.6 Å². The first-order valence-corrected chi connectivity index (χ1v) is 10.1. The van der Waals surface area contributed by atoms with Gasteiger partial charge in [-0.15, -0.1) is 11.3 Å². The van der Waals surface area contributed by atoms with E-state index in [1.165, 1.54) is 11.3 Å². The molecular weight excluding hydrogens is 414 g/mol. The number of Topliss-reactive ketones (excluding diaryl/α,β-unsaturated/α-hetero) is 1. The number of aromatic nitrogens is 1. The Morgan fingerprint density at radius 3 is 2.59 bits per heavy atom. The minimum Gasteiger partial charge on any atom is -0.503 e. The number of rotatable bonds is 5. The molecule has 1 atom stereocenters. The van der Waals surface area contributed by atoms with Crippen LogP contribution in [0.1, 0.15) is 26.8 Å². The van der Waals surface area contributed by atoms with Crippen LogP contribution in [0.2, 0.25) is 0 Å².